The van der Waals surface area contributed by atoms with Crippen LogP contribution in [0.3, 0.4) is 0 Å². The lowest BCUT2D eigenvalue weighted by Crippen LogP contribution is -2.30. The van der Waals surface area contributed by atoms with Crippen molar-refractivity contribution in [1.29, 1.82) is 0 Å². The SMILES string of the molecule is CCCCCCCCCCCCCCOC(CC)N(C)C. The minimum absolute atomic E-state index is 0.303. The Morgan fingerprint density at radius 1 is 0.667 bits per heavy atom. The molecule has 1 unspecified atom stereocenters. The third kappa shape index (κ3) is 14.6. The summed E-state index contributed by atoms with van der Waals surface area (Å²) in [6, 6.07) is 0. The van der Waals surface area contributed by atoms with Crippen LogP contribution in [0, 0.1) is 0 Å². The van der Waals surface area contributed by atoms with E-state index in [1.54, 1.807) is 0 Å². The second kappa shape index (κ2) is 16.3. The van der Waals surface area contributed by atoms with Gasteiger partial charge in [0.25, 0.3) is 0 Å². The van der Waals surface area contributed by atoms with Crippen LogP contribution in [0.1, 0.15) is 97.3 Å². The van der Waals surface area contributed by atoms with Gasteiger partial charge in [0.05, 0.1) is 0 Å². The average molecular weight is 300 g/mol. The molecule has 0 N–H and O–H groups in total. The van der Waals surface area contributed by atoms with Gasteiger partial charge in [-0.25, -0.2) is 0 Å². The van der Waals surface area contributed by atoms with Crippen molar-refractivity contribution >= 4 is 0 Å². The van der Waals surface area contributed by atoms with Crippen LogP contribution in [-0.4, -0.2) is 31.8 Å². The molecule has 0 aliphatic heterocycles. The third-order valence-corrected chi connectivity index (χ3v) is 4.23. The molecule has 0 aliphatic rings. The van der Waals surface area contributed by atoms with Gasteiger partial charge in [0.1, 0.15) is 6.23 Å². The molecule has 0 fully saturated rings. The molecule has 0 radical (unpaired) electrons. The van der Waals surface area contributed by atoms with Gasteiger partial charge >= 0.3 is 0 Å². The highest BCUT2D eigenvalue weighted by Gasteiger charge is 2.07. The van der Waals surface area contributed by atoms with Crippen LogP contribution in [0.5, 0.6) is 0 Å². The summed E-state index contributed by atoms with van der Waals surface area (Å²) in [4.78, 5) is 2.17. The van der Waals surface area contributed by atoms with Crippen LogP contribution in [0.2, 0.25) is 0 Å². The maximum atomic E-state index is 5.87. The Kier molecular flexibility index (Phi) is 16.2. The predicted octanol–water partition coefficient (Wildman–Crippen LogP) is 6.00. The fourth-order valence-electron chi connectivity index (χ4n) is 2.79. The van der Waals surface area contributed by atoms with Crippen molar-refractivity contribution in [2.24, 2.45) is 0 Å². The van der Waals surface area contributed by atoms with E-state index in [1.807, 2.05) is 0 Å². The molecule has 2 nitrogen and oxygen atoms in total. The maximum absolute atomic E-state index is 5.87. The van der Waals surface area contributed by atoms with E-state index >= 15 is 0 Å². The molecule has 0 aromatic rings. The van der Waals surface area contributed by atoms with E-state index in [1.165, 1.54) is 77.0 Å². The molecule has 21 heavy (non-hydrogen) atoms. The minimum Gasteiger partial charge on any atom is -0.363 e. The van der Waals surface area contributed by atoms with E-state index in [-0.39, 0.29) is 0 Å². The van der Waals surface area contributed by atoms with Crippen LogP contribution in [-0.2, 0) is 4.74 Å². The number of unbranched alkanes of at least 4 members (excludes halogenated alkanes) is 11. The smallest absolute Gasteiger partial charge is 0.109 e. The number of rotatable bonds is 16. The van der Waals surface area contributed by atoms with Gasteiger partial charge in [-0.1, -0.05) is 84.5 Å². The third-order valence-electron chi connectivity index (χ3n) is 4.23. The number of ether oxygens (including phenoxy) is 1. The van der Waals surface area contributed by atoms with Crippen LogP contribution in [0.25, 0.3) is 0 Å². The normalized spacial score (nSPS) is 13.0. The molecule has 0 aliphatic carbocycles. The van der Waals surface area contributed by atoms with Gasteiger partial charge in [0, 0.05) is 6.61 Å². The Bertz CT molecular complexity index is 194. The van der Waals surface area contributed by atoms with Crippen molar-refractivity contribution in [3.05, 3.63) is 0 Å². The summed E-state index contributed by atoms with van der Waals surface area (Å²) >= 11 is 0. The van der Waals surface area contributed by atoms with Gasteiger partial charge in [0.2, 0.25) is 0 Å². The van der Waals surface area contributed by atoms with Crippen molar-refractivity contribution in [3.8, 4) is 0 Å². The Morgan fingerprint density at radius 3 is 1.48 bits per heavy atom. The summed E-state index contributed by atoms with van der Waals surface area (Å²) in [5, 5.41) is 0. The van der Waals surface area contributed by atoms with Crippen molar-refractivity contribution in [2.45, 2.75) is 104 Å². The first kappa shape index (κ1) is 20.9. The van der Waals surface area contributed by atoms with E-state index in [0.29, 0.717) is 6.23 Å². The predicted molar refractivity (Wildman–Crippen MR) is 94.8 cm³/mol. The summed E-state index contributed by atoms with van der Waals surface area (Å²) in [7, 11) is 4.19. The lowest BCUT2D eigenvalue weighted by atomic mass is 10.1. The van der Waals surface area contributed by atoms with E-state index in [2.05, 4.69) is 32.8 Å². The first-order valence-electron chi connectivity index (χ1n) is 9.50. The van der Waals surface area contributed by atoms with Gasteiger partial charge in [0.15, 0.2) is 0 Å². The molecule has 0 amide bonds. The molecule has 0 saturated heterocycles. The second-order valence-electron chi connectivity index (χ2n) is 6.59. The Morgan fingerprint density at radius 2 is 1.10 bits per heavy atom. The highest BCUT2D eigenvalue weighted by Crippen LogP contribution is 2.12. The minimum atomic E-state index is 0.303. The lowest BCUT2D eigenvalue weighted by molar-refractivity contribution is -0.0391. The van der Waals surface area contributed by atoms with Crippen molar-refractivity contribution in [1.82, 2.24) is 4.90 Å². The zero-order chi connectivity index (χ0) is 15.8. The largest absolute Gasteiger partial charge is 0.363 e. The molecule has 0 aromatic heterocycles. The van der Waals surface area contributed by atoms with E-state index in [9.17, 15) is 0 Å². The van der Waals surface area contributed by atoms with Crippen LogP contribution in [0.4, 0.5) is 0 Å². The molecule has 2 heteroatoms. The molecule has 0 saturated carbocycles. The molecule has 1 atom stereocenters. The van der Waals surface area contributed by atoms with Gasteiger partial charge in [-0.2, -0.15) is 0 Å². The van der Waals surface area contributed by atoms with Crippen LogP contribution >= 0.6 is 0 Å². The molecule has 0 spiro atoms. The summed E-state index contributed by atoms with van der Waals surface area (Å²) < 4.78 is 5.87. The van der Waals surface area contributed by atoms with Gasteiger partial charge in [-0.15, -0.1) is 0 Å². The molecule has 0 aromatic carbocycles. The highest BCUT2D eigenvalue weighted by atomic mass is 16.5. The fourth-order valence-corrected chi connectivity index (χ4v) is 2.79. The van der Waals surface area contributed by atoms with Crippen molar-refractivity contribution in [3.63, 3.8) is 0 Å². The average Bonchev–Trinajstić information content (AvgIpc) is 2.47. The molecule has 0 heterocycles. The standard InChI is InChI=1S/C19H41NO/c1-5-7-8-9-10-11-12-13-14-15-16-17-18-21-19(6-2)20(3)4/h19H,5-18H2,1-4H3. The Labute approximate surface area is 134 Å². The van der Waals surface area contributed by atoms with Crippen molar-refractivity contribution in [2.75, 3.05) is 20.7 Å². The van der Waals surface area contributed by atoms with Gasteiger partial charge in [-0.05, 0) is 26.9 Å². The maximum Gasteiger partial charge on any atom is 0.109 e. The lowest BCUT2D eigenvalue weighted by Gasteiger charge is -2.23. The summed E-state index contributed by atoms with van der Waals surface area (Å²) in [6.07, 6.45) is 18.2. The van der Waals surface area contributed by atoms with E-state index < -0.39 is 0 Å². The van der Waals surface area contributed by atoms with E-state index in [4.69, 9.17) is 4.74 Å². The van der Waals surface area contributed by atoms with Gasteiger partial charge < -0.3 is 4.74 Å². The van der Waals surface area contributed by atoms with E-state index in [0.717, 1.165) is 13.0 Å². The number of nitrogens with zero attached hydrogens (tertiary/aromatic N) is 1. The second-order valence-corrected chi connectivity index (χ2v) is 6.59. The molecule has 128 valence electrons. The summed E-state index contributed by atoms with van der Waals surface area (Å²) in [6.45, 7) is 5.40. The van der Waals surface area contributed by atoms with Crippen LogP contribution < -0.4 is 0 Å². The topological polar surface area (TPSA) is 12.5 Å². The monoisotopic (exact) mass is 299 g/mol. The van der Waals surface area contributed by atoms with Crippen LogP contribution in [0.15, 0.2) is 0 Å². The molecular formula is C19H41NO. The van der Waals surface area contributed by atoms with Gasteiger partial charge in [-0.3, -0.25) is 4.90 Å². The zero-order valence-corrected chi connectivity index (χ0v) is 15.3. The quantitative estimate of drug-likeness (QED) is 0.256. The first-order valence-corrected chi connectivity index (χ1v) is 9.50. The molecule has 0 bridgehead atoms. The molecular weight excluding hydrogens is 258 g/mol. The summed E-state index contributed by atoms with van der Waals surface area (Å²) in [5.74, 6) is 0. The Hall–Kier alpha value is -0.0800. The number of hydrogen-bond acceptors (Lipinski definition) is 2. The first-order chi connectivity index (χ1) is 10.2. The number of hydrogen-bond donors (Lipinski definition) is 0. The fraction of sp³-hybridized carbons (Fsp3) is 1.00. The zero-order valence-electron chi connectivity index (χ0n) is 15.3. The Balaban J connectivity index is 3.12. The molecule has 0 rings (SSSR count). The van der Waals surface area contributed by atoms with Crippen molar-refractivity contribution < 1.29 is 4.74 Å². The highest BCUT2D eigenvalue weighted by molar-refractivity contribution is 4.52. The summed E-state index contributed by atoms with van der Waals surface area (Å²) in [5.41, 5.74) is 0.